The maximum atomic E-state index is 5.58. The maximum Gasteiger partial charge on any atom is 0.0412 e. The fourth-order valence-electron chi connectivity index (χ4n) is 0.387. The van der Waals surface area contributed by atoms with Gasteiger partial charge >= 0.3 is 0 Å². The molecule has 0 N–H and O–H groups in total. The zero-order valence-corrected chi connectivity index (χ0v) is 6.90. The lowest BCUT2D eigenvalue weighted by Gasteiger charge is -1.85. The Bertz CT molecular complexity index is 147. The summed E-state index contributed by atoms with van der Waals surface area (Å²) in [5, 5.41) is 0.741. The average Bonchev–Trinajstić information content (AvgIpc) is 1.77. The van der Waals surface area contributed by atoms with Crippen LogP contribution in [0.4, 0.5) is 0 Å². The van der Waals surface area contributed by atoms with E-state index in [0.717, 1.165) is 8.59 Å². The van der Waals surface area contributed by atoms with E-state index in [2.05, 4.69) is 28.7 Å². The third-order valence-corrected chi connectivity index (χ3v) is 1.64. The molecule has 0 heterocycles. The fourth-order valence-corrected chi connectivity index (χ4v) is 0.840. The molecule has 0 nitrogen and oxygen atoms in total. The van der Waals surface area contributed by atoms with Gasteiger partial charge in [-0.1, -0.05) is 11.6 Å². The van der Waals surface area contributed by atoms with Crippen LogP contribution < -0.4 is 0 Å². The first kappa shape index (κ1) is 6.36. The van der Waals surface area contributed by atoms with Crippen LogP contribution in [-0.4, -0.2) is 0 Å². The summed E-state index contributed by atoms with van der Waals surface area (Å²) in [5.41, 5.74) is 0. The van der Waals surface area contributed by atoms with Crippen molar-refractivity contribution in [2.75, 3.05) is 0 Å². The largest absolute Gasteiger partial charge is 0.0843 e. The Hall–Kier alpha value is 0.240. The van der Waals surface area contributed by atoms with Crippen molar-refractivity contribution in [1.82, 2.24) is 0 Å². The summed E-state index contributed by atoms with van der Waals surface area (Å²) < 4.78 is 1.09. The highest BCUT2D eigenvalue weighted by Gasteiger charge is 1.84. The molecule has 0 atom stereocenters. The second kappa shape index (κ2) is 2.69. The molecule has 0 aliphatic rings. The average molecular weight is 237 g/mol. The Morgan fingerprint density at radius 3 is 2.62 bits per heavy atom. The molecule has 0 aliphatic heterocycles. The van der Waals surface area contributed by atoms with Gasteiger partial charge in [-0.05, 0) is 46.9 Å². The van der Waals surface area contributed by atoms with Crippen molar-refractivity contribution in [3.63, 3.8) is 0 Å². The normalized spacial score (nSPS) is 9.25. The topological polar surface area (TPSA) is 0 Å². The van der Waals surface area contributed by atoms with Gasteiger partial charge in [0.05, 0.1) is 0 Å². The molecule has 0 fully saturated rings. The number of halogens is 2. The van der Waals surface area contributed by atoms with Gasteiger partial charge in [0.15, 0.2) is 0 Å². The molecular formula is C6H3ClI. The molecule has 8 heavy (non-hydrogen) atoms. The molecule has 1 aromatic carbocycles. The molecule has 1 aromatic rings. The van der Waals surface area contributed by atoms with Gasteiger partial charge in [0.1, 0.15) is 0 Å². The number of hydrogen-bond acceptors (Lipinski definition) is 0. The monoisotopic (exact) mass is 237 g/mol. The molecule has 0 saturated heterocycles. The molecular weight excluding hydrogens is 234 g/mol. The van der Waals surface area contributed by atoms with Crippen molar-refractivity contribution in [3.05, 3.63) is 32.9 Å². The van der Waals surface area contributed by atoms with Crippen LogP contribution in [0.15, 0.2) is 18.2 Å². The van der Waals surface area contributed by atoms with E-state index in [1.54, 1.807) is 6.07 Å². The number of rotatable bonds is 0. The minimum Gasteiger partial charge on any atom is -0.0843 e. The van der Waals surface area contributed by atoms with E-state index in [-0.39, 0.29) is 0 Å². The van der Waals surface area contributed by atoms with E-state index in [4.69, 9.17) is 11.6 Å². The van der Waals surface area contributed by atoms with Crippen LogP contribution in [0.3, 0.4) is 0 Å². The van der Waals surface area contributed by atoms with Crippen LogP contribution >= 0.6 is 34.2 Å². The summed E-state index contributed by atoms with van der Waals surface area (Å²) in [4.78, 5) is 0. The van der Waals surface area contributed by atoms with Gasteiger partial charge in [-0.15, -0.1) is 0 Å². The first-order chi connectivity index (χ1) is 3.79. The van der Waals surface area contributed by atoms with Crippen LogP contribution in [-0.2, 0) is 0 Å². The Labute approximate surface area is 67.0 Å². The second-order valence-electron chi connectivity index (χ2n) is 1.35. The highest BCUT2D eigenvalue weighted by molar-refractivity contribution is 14.1. The lowest BCUT2D eigenvalue weighted by molar-refractivity contribution is 1.63. The zero-order chi connectivity index (χ0) is 5.98. The maximum absolute atomic E-state index is 5.58. The molecule has 0 amide bonds. The summed E-state index contributed by atoms with van der Waals surface area (Å²) in [6.45, 7) is 0. The van der Waals surface area contributed by atoms with Gasteiger partial charge in [-0.25, -0.2) is 0 Å². The Morgan fingerprint density at radius 2 is 2.25 bits per heavy atom. The molecule has 0 bridgehead atoms. The molecule has 1 radical (unpaired) electrons. The predicted molar refractivity (Wildman–Crippen MR) is 43.0 cm³/mol. The lowest BCUT2D eigenvalue weighted by Crippen LogP contribution is -1.66. The first-order valence-electron chi connectivity index (χ1n) is 2.12. The van der Waals surface area contributed by atoms with Crippen molar-refractivity contribution in [1.29, 1.82) is 0 Å². The van der Waals surface area contributed by atoms with Crippen molar-refractivity contribution >= 4 is 34.2 Å². The molecule has 0 aliphatic carbocycles. The van der Waals surface area contributed by atoms with Gasteiger partial charge in [0.2, 0.25) is 0 Å². The summed E-state index contributed by atoms with van der Waals surface area (Å²) in [5.74, 6) is 0. The Kier molecular flexibility index (Phi) is 2.14. The van der Waals surface area contributed by atoms with Crippen LogP contribution in [0.1, 0.15) is 0 Å². The van der Waals surface area contributed by atoms with Crippen molar-refractivity contribution in [3.8, 4) is 0 Å². The van der Waals surface area contributed by atoms with E-state index in [1.807, 2.05) is 12.1 Å². The molecule has 2 heteroatoms. The zero-order valence-electron chi connectivity index (χ0n) is 3.99. The lowest BCUT2D eigenvalue weighted by atomic mass is 10.4. The Balaban J connectivity index is 3.03. The minimum atomic E-state index is 0.741. The minimum absolute atomic E-state index is 0.741. The third kappa shape index (κ3) is 1.63. The van der Waals surface area contributed by atoms with Crippen molar-refractivity contribution < 1.29 is 0 Å². The van der Waals surface area contributed by atoms with Crippen LogP contribution in [0.25, 0.3) is 0 Å². The fraction of sp³-hybridized carbons (Fsp3) is 0. The van der Waals surface area contributed by atoms with Crippen LogP contribution in [0, 0.1) is 9.64 Å². The van der Waals surface area contributed by atoms with E-state index in [9.17, 15) is 0 Å². The molecule has 0 aromatic heterocycles. The van der Waals surface area contributed by atoms with Gasteiger partial charge < -0.3 is 0 Å². The quantitative estimate of drug-likeness (QED) is 0.609. The van der Waals surface area contributed by atoms with Gasteiger partial charge in [-0.3, -0.25) is 0 Å². The van der Waals surface area contributed by atoms with E-state index >= 15 is 0 Å². The molecule has 0 saturated carbocycles. The first-order valence-corrected chi connectivity index (χ1v) is 3.57. The van der Waals surface area contributed by atoms with Crippen molar-refractivity contribution in [2.45, 2.75) is 0 Å². The number of benzene rings is 1. The van der Waals surface area contributed by atoms with E-state index in [0.29, 0.717) is 0 Å². The highest BCUT2D eigenvalue weighted by atomic mass is 127. The van der Waals surface area contributed by atoms with Gasteiger partial charge in [0, 0.05) is 8.59 Å². The van der Waals surface area contributed by atoms with Crippen LogP contribution in [0.5, 0.6) is 0 Å². The smallest absolute Gasteiger partial charge is 0.0412 e. The summed E-state index contributed by atoms with van der Waals surface area (Å²) in [7, 11) is 0. The summed E-state index contributed by atoms with van der Waals surface area (Å²) in [6.07, 6.45) is 0. The van der Waals surface area contributed by atoms with Crippen LogP contribution in [0.2, 0.25) is 5.02 Å². The van der Waals surface area contributed by atoms with Crippen molar-refractivity contribution in [2.24, 2.45) is 0 Å². The van der Waals surface area contributed by atoms with Gasteiger partial charge in [-0.2, -0.15) is 0 Å². The van der Waals surface area contributed by atoms with E-state index < -0.39 is 0 Å². The third-order valence-electron chi connectivity index (χ3n) is 0.737. The predicted octanol–water partition coefficient (Wildman–Crippen LogP) is 2.74. The summed E-state index contributed by atoms with van der Waals surface area (Å²) >= 11 is 7.76. The Morgan fingerprint density at radius 1 is 1.50 bits per heavy atom. The SMILES string of the molecule is Clc1c[c]c(I)cc1. The molecule has 0 unspecified atom stereocenters. The molecule has 1 rings (SSSR count). The highest BCUT2D eigenvalue weighted by Crippen LogP contribution is 2.09. The molecule has 0 spiro atoms. The molecule has 41 valence electrons. The second-order valence-corrected chi connectivity index (χ2v) is 2.95. The number of hydrogen-bond donors (Lipinski definition) is 0. The summed E-state index contributed by atoms with van der Waals surface area (Å²) in [6, 6.07) is 8.47. The standard InChI is InChI=1S/C6H3ClI/c7-5-1-3-6(8)4-2-5/h1-3H. The van der Waals surface area contributed by atoms with Gasteiger partial charge in [0.25, 0.3) is 0 Å². The van der Waals surface area contributed by atoms with E-state index in [1.165, 1.54) is 0 Å².